The summed E-state index contributed by atoms with van der Waals surface area (Å²) in [5.41, 5.74) is 5.19. The van der Waals surface area contributed by atoms with Crippen LogP contribution in [-0.4, -0.2) is 18.1 Å². The molecular formula is C19H19NO4S. The molecule has 0 atom stereocenters. The van der Waals surface area contributed by atoms with E-state index in [0.29, 0.717) is 10.8 Å². The summed E-state index contributed by atoms with van der Waals surface area (Å²) in [4.78, 5) is -0.330. The van der Waals surface area contributed by atoms with E-state index in [9.17, 15) is 13.5 Å². The van der Waals surface area contributed by atoms with Gasteiger partial charge in [-0.05, 0) is 55.5 Å². The topological polar surface area (TPSA) is 86.6 Å². The number of fused-ring (bicyclic) bond motifs is 1. The molecular weight excluding hydrogens is 338 g/mol. The molecule has 5 nitrogen and oxygen atoms in total. The second-order valence-electron chi connectivity index (χ2n) is 6.25. The van der Waals surface area contributed by atoms with Crippen molar-refractivity contribution in [1.29, 1.82) is 0 Å². The Morgan fingerprint density at radius 1 is 0.920 bits per heavy atom. The van der Waals surface area contributed by atoms with Crippen LogP contribution in [0.5, 0.6) is 5.75 Å². The van der Waals surface area contributed by atoms with Crippen LogP contribution in [0.3, 0.4) is 0 Å². The number of phenolic OH excluding ortho intramolecular Hbond substituents is 1. The first kappa shape index (κ1) is 17.3. The summed E-state index contributed by atoms with van der Waals surface area (Å²) in [6.07, 6.45) is 0. The minimum atomic E-state index is -4.37. The minimum absolute atomic E-state index is 0.203. The minimum Gasteiger partial charge on any atom is -0.507 e. The molecule has 0 bridgehead atoms. The summed E-state index contributed by atoms with van der Waals surface area (Å²) in [6.45, 7) is 6.10. The Balaban J connectivity index is 2.07. The first-order valence-electron chi connectivity index (χ1n) is 7.74. The average molecular weight is 357 g/mol. The largest absolute Gasteiger partial charge is 0.507 e. The van der Waals surface area contributed by atoms with Crippen LogP contribution in [0.2, 0.25) is 0 Å². The lowest BCUT2D eigenvalue weighted by atomic mass is 10.0. The first-order valence-corrected chi connectivity index (χ1v) is 9.18. The molecule has 25 heavy (non-hydrogen) atoms. The maximum Gasteiger partial charge on any atom is 0.294 e. The fourth-order valence-electron chi connectivity index (χ4n) is 3.06. The number of aryl methyl sites for hydroxylation is 3. The number of nitrogens with one attached hydrogen (secondary N) is 1. The normalized spacial score (nSPS) is 11.7. The molecule has 130 valence electrons. The third kappa shape index (κ3) is 3.45. The highest BCUT2D eigenvalue weighted by Crippen LogP contribution is 2.33. The first-order chi connectivity index (χ1) is 11.6. The van der Waals surface area contributed by atoms with E-state index in [0.717, 1.165) is 28.6 Å². The van der Waals surface area contributed by atoms with Crippen molar-refractivity contribution in [1.82, 2.24) is 0 Å². The van der Waals surface area contributed by atoms with Crippen LogP contribution >= 0.6 is 0 Å². The monoisotopic (exact) mass is 357 g/mol. The van der Waals surface area contributed by atoms with Crippen molar-refractivity contribution in [3.05, 3.63) is 59.2 Å². The Labute approximate surface area is 146 Å². The highest BCUT2D eigenvalue weighted by molar-refractivity contribution is 7.85. The summed E-state index contributed by atoms with van der Waals surface area (Å²) in [7, 11) is -4.37. The van der Waals surface area contributed by atoms with Gasteiger partial charge in [0.1, 0.15) is 5.75 Å². The summed E-state index contributed by atoms with van der Waals surface area (Å²) < 4.78 is 31.7. The number of aromatic hydroxyl groups is 1. The van der Waals surface area contributed by atoms with Crippen molar-refractivity contribution >= 4 is 32.3 Å². The Kier molecular flexibility index (Phi) is 4.18. The zero-order valence-corrected chi connectivity index (χ0v) is 15.0. The van der Waals surface area contributed by atoms with Crippen LogP contribution in [0.1, 0.15) is 16.7 Å². The predicted octanol–water partition coefficient (Wildman–Crippen LogP) is 4.46. The van der Waals surface area contributed by atoms with Crippen LogP contribution < -0.4 is 5.32 Å². The summed E-state index contributed by atoms with van der Waals surface area (Å²) in [5.74, 6) is -0.203. The van der Waals surface area contributed by atoms with Gasteiger partial charge in [-0.25, -0.2) is 0 Å². The van der Waals surface area contributed by atoms with E-state index in [4.69, 9.17) is 4.55 Å². The van der Waals surface area contributed by atoms with Gasteiger partial charge in [0.05, 0.1) is 4.90 Å². The van der Waals surface area contributed by atoms with Gasteiger partial charge in [0.15, 0.2) is 0 Å². The third-order valence-electron chi connectivity index (χ3n) is 4.15. The fraction of sp³-hybridized carbons (Fsp3) is 0.158. The van der Waals surface area contributed by atoms with Crippen molar-refractivity contribution in [2.75, 3.05) is 5.32 Å². The molecule has 6 heteroatoms. The van der Waals surface area contributed by atoms with Crippen molar-refractivity contribution in [2.24, 2.45) is 0 Å². The van der Waals surface area contributed by atoms with E-state index >= 15 is 0 Å². The zero-order valence-electron chi connectivity index (χ0n) is 14.2. The van der Waals surface area contributed by atoms with Crippen LogP contribution in [0.4, 0.5) is 11.4 Å². The van der Waals surface area contributed by atoms with Crippen molar-refractivity contribution in [3.63, 3.8) is 0 Å². The van der Waals surface area contributed by atoms with E-state index in [2.05, 4.69) is 17.4 Å². The van der Waals surface area contributed by atoms with Gasteiger partial charge in [-0.3, -0.25) is 4.55 Å². The lowest BCUT2D eigenvalue weighted by molar-refractivity contribution is 0.471. The molecule has 0 saturated carbocycles. The molecule has 3 N–H and O–H groups in total. The standard InChI is InChI=1S/C19H19NO4S/c1-11-6-12(2)19(13(3)7-11)20-15-5-4-14-8-16(25(22,23)24)10-18(21)17(14)9-15/h4-10,20-21H,1-3H3,(H,22,23,24). The van der Waals surface area contributed by atoms with Gasteiger partial charge in [0.2, 0.25) is 0 Å². The number of phenols is 1. The third-order valence-corrected chi connectivity index (χ3v) is 4.98. The van der Waals surface area contributed by atoms with Crippen molar-refractivity contribution in [3.8, 4) is 5.75 Å². The number of anilines is 2. The molecule has 3 aromatic carbocycles. The van der Waals surface area contributed by atoms with Crippen LogP contribution in [-0.2, 0) is 10.1 Å². The molecule has 0 fully saturated rings. The zero-order chi connectivity index (χ0) is 18.4. The lowest BCUT2D eigenvalue weighted by Crippen LogP contribution is -1.99. The molecule has 0 radical (unpaired) electrons. The second-order valence-corrected chi connectivity index (χ2v) is 7.67. The average Bonchev–Trinajstić information content (AvgIpc) is 2.50. The number of rotatable bonds is 3. The van der Waals surface area contributed by atoms with Gasteiger partial charge in [-0.2, -0.15) is 8.42 Å². The van der Waals surface area contributed by atoms with Crippen LogP contribution in [0, 0.1) is 20.8 Å². The molecule has 0 aliphatic rings. The molecule has 0 unspecified atom stereocenters. The Bertz CT molecular complexity index is 1070. The van der Waals surface area contributed by atoms with Gasteiger partial charge in [0.25, 0.3) is 10.1 Å². The molecule has 0 aromatic heterocycles. The van der Waals surface area contributed by atoms with Crippen molar-refractivity contribution in [2.45, 2.75) is 25.7 Å². The van der Waals surface area contributed by atoms with E-state index in [1.54, 1.807) is 18.2 Å². The Hall–Kier alpha value is -2.57. The molecule has 0 heterocycles. The van der Waals surface area contributed by atoms with E-state index in [1.165, 1.54) is 11.6 Å². The van der Waals surface area contributed by atoms with Gasteiger partial charge < -0.3 is 10.4 Å². The Morgan fingerprint density at radius 3 is 2.16 bits per heavy atom. The molecule has 0 amide bonds. The molecule has 0 aliphatic heterocycles. The molecule has 3 rings (SSSR count). The van der Waals surface area contributed by atoms with Gasteiger partial charge >= 0.3 is 0 Å². The highest BCUT2D eigenvalue weighted by Gasteiger charge is 2.14. The lowest BCUT2D eigenvalue weighted by Gasteiger charge is -2.15. The number of hydrogen-bond donors (Lipinski definition) is 3. The fourth-order valence-corrected chi connectivity index (χ4v) is 3.60. The summed E-state index contributed by atoms with van der Waals surface area (Å²) in [6, 6.07) is 11.8. The maximum absolute atomic E-state index is 11.3. The molecule has 0 spiro atoms. The van der Waals surface area contributed by atoms with Crippen LogP contribution in [0.25, 0.3) is 10.8 Å². The van der Waals surface area contributed by atoms with Gasteiger partial charge in [0, 0.05) is 22.8 Å². The van der Waals surface area contributed by atoms with E-state index in [1.807, 2.05) is 20.8 Å². The molecule has 0 aliphatic carbocycles. The van der Waals surface area contributed by atoms with E-state index in [-0.39, 0.29) is 10.6 Å². The summed E-state index contributed by atoms with van der Waals surface area (Å²) >= 11 is 0. The van der Waals surface area contributed by atoms with Crippen LogP contribution in [0.15, 0.2) is 47.4 Å². The predicted molar refractivity (Wildman–Crippen MR) is 99.4 cm³/mol. The maximum atomic E-state index is 11.3. The van der Waals surface area contributed by atoms with E-state index < -0.39 is 10.1 Å². The molecule has 0 saturated heterocycles. The number of hydrogen-bond acceptors (Lipinski definition) is 4. The number of benzene rings is 3. The van der Waals surface area contributed by atoms with Gasteiger partial charge in [-0.1, -0.05) is 23.8 Å². The SMILES string of the molecule is Cc1cc(C)c(Nc2ccc3cc(S(=O)(=O)O)cc(O)c3c2)c(C)c1. The van der Waals surface area contributed by atoms with Crippen molar-refractivity contribution < 1.29 is 18.1 Å². The molecule has 3 aromatic rings. The second kappa shape index (κ2) is 6.06. The van der Waals surface area contributed by atoms with Gasteiger partial charge in [-0.15, -0.1) is 0 Å². The Morgan fingerprint density at radius 2 is 1.56 bits per heavy atom. The highest BCUT2D eigenvalue weighted by atomic mass is 32.2. The smallest absolute Gasteiger partial charge is 0.294 e. The quantitative estimate of drug-likeness (QED) is 0.603. The summed E-state index contributed by atoms with van der Waals surface area (Å²) in [5, 5.41) is 14.5.